The van der Waals surface area contributed by atoms with Crippen molar-refractivity contribution in [3.63, 3.8) is 0 Å². The van der Waals surface area contributed by atoms with Crippen LogP contribution < -0.4 is 5.73 Å². The van der Waals surface area contributed by atoms with Crippen molar-refractivity contribution in [1.29, 1.82) is 0 Å². The molecule has 5 nitrogen and oxygen atoms in total. The summed E-state index contributed by atoms with van der Waals surface area (Å²) in [6, 6.07) is 2.43. The average Bonchev–Trinajstić information content (AvgIpc) is 2.24. The lowest BCUT2D eigenvalue weighted by Crippen LogP contribution is -2.70. The van der Waals surface area contributed by atoms with E-state index in [-0.39, 0.29) is 19.0 Å². The Labute approximate surface area is 106 Å². The first-order valence-corrected chi connectivity index (χ1v) is 7.11. The molecule has 1 aromatic rings. The van der Waals surface area contributed by atoms with Crippen molar-refractivity contribution in [3.8, 4) is 0 Å². The third kappa shape index (κ3) is 2.02. The van der Waals surface area contributed by atoms with Gasteiger partial charge in [-0.3, -0.25) is 0 Å². The highest BCUT2D eigenvalue weighted by Gasteiger charge is 2.48. The van der Waals surface area contributed by atoms with Gasteiger partial charge in [0, 0.05) is 24.8 Å². The van der Waals surface area contributed by atoms with Gasteiger partial charge in [-0.25, -0.2) is 17.8 Å². The molecule has 0 unspecified atom stereocenters. The van der Waals surface area contributed by atoms with Crippen LogP contribution in [0.25, 0.3) is 0 Å². The van der Waals surface area contributed by atoms with Gasteiger partial charge in [0.2, 0.25) is 5.03 Å². The Morgan fingerprint density at radius 3 is 2.61 bits per heavy atom. The lowest BCUT2D eigenvalue weighted by Gasteiger charge is -2.48. The summed E-state index contributed by atoms with van der Waals surface area (Å²) < 4.78 is 38.8. The van der Waals surface area contributed by atoms with E-state index >= 15 is 0 Å². The Hall–Kier alpha value is -1.05. The Kier molecular flexibility index (Phi) is 3.16. The molecule has 0 spiro atoms. The van der Waals surface area contributed by atoms with Gasteiger partial charge in [-0.15, -0.1) is 0 Å². The average molecular weight is 273 g/mol. The lowest BCUT2D eigenvalue weighted by atomic mass is 9.82. The minimum absolute atomic E-state index is 0.164. The molecule has 18 heavy (non-hydrogen) atoms. The van der Waals surface area contributed by atoms with Gasteiger partial charge in [0.25, 0.3) is 10.0 Å². The van der Waals surface area contributed by atoms with Crippen molar-refractivity contribution < 1.29 is 12.8 Å². The van der Waals surface area contributed by atoms with E-state index < -0.39 is 26.4 Å². The Morgan fingerprint density at radius 2 is 2.11 bits per heavy atom. The highest BCUT2D eigenvalue weighted by molar-refractivity contribution is 7.89. The second-order valence-corrected chi connectivity index (χ2v) is 6.80. The van der Waals surface area contributed by atoms with Gasteiger partial charge in [-0.2, -0.15) is 4.31 Å². The van der Waals surface area contributed by atoms with Crippen LogP contribution >= 0.6 is 0 Å². The maximum absolute atomic E-state index is 13.5. The van der Waals surface area contributed by atoms with Crippen molar-refractivity contribution in [2.24, 2.45) is 11.7 Å². The van der Waals surface area contributed by atoms with Crippen LogP contribution in [0.2, 0.25) is 0 Å². The summed E-state index contributed by atoms with van der Waals surface area (Å²) >= 11 is 0. The molecule has 1 saturated heterocycles. The molecule has 1 fully saturated rings. The first-order chi connectivity index (χ1) is 8.27. The number of aromatic nitrogens is 1. The van der Waals surface area contributed by atoms with Gasteiger partial charge in [0.1, 0.15) is 0 Å². The molecule has 2 rings (SSSR count). The number of rotatable bonds is 3. The largest absolute Gasteiger partial charge is 0.323 e. The van der Waals surface area contributed by atoms with Crippen molar-refractivity contribution in [1.82, 2.24) is 9.29 Å². The number of nitrogens with zero attached hydrogens (tertiary/aromatic N) is 2. The monoisotopic (exact) mass is 273 g/mol. The van der Waals surface area contributed by atoms with Gasteiger partial charge in [-0.1, -0.05) is 13.8 Å². The van der Waals surface area contributed by atoms with E-state index in [2.05, 4.69) is 4.98 Å². The summed E-state index contributed by atoms with van der Waals surface area (Å²) in [7, 11) is -3.87. The number of hydrogen-bond acceptors (Lipinski definition) is 4. The zero-order valence-electron chi connectivity index (χ0n) is 10.3. The van der Waals surface area contributed by atoms with Crippen LogP contribution in [0, 0.1) is 11.7 Å². The molecule has 7 heteroatoms. The summed E-state index contributed by atoms with van der Waals surface area (Å²) in [5.41, 5.74) is 5.50. The van der Waals surface area contributed by atoms with Gasteiger partial charge in [0.05, 0.1) is 0 Å². The van der Waals surface area contributed by atoms with Crippen LogP contribution in [0.4, 0.5) is 4.39 Å². The van der Waals surface area contributed by atoms with E-state index in [0.717, 1.165) is 6.07 Å². The van der Waals surface area contributed by atoms with Crippen molar-refractivity contribution in [3.05, 3.63) is 24.1 Å². The Bertz CT molecular complexity index is 553. The van der Waals surface area contributed by atoms with Crippen LogP contribution in [-0.4, -0.2) is 36.3 Å². The van der Waals surface area contributed by atoms with Gasteiger partial charge >= 0.3 is 0 Å². The standard InChI is InChI=1S/C11H16FN3O2S/c1-8(2)11(13)6-15(7-11)18(16,17)10-9(12)4-3-5-14-10/h3-5,8H,6-7,13H2,1-2H3. The van der Waals surface area contributed by atoms with Crippen LogP contribution in [0.1, 0.15) is 13.8 Å². The normalized spacial score (nSPS) is 19.8. The number of sulfonamides is 1. The number of halogens is 1. The first-order valence-electron chi connectivity index (χ1n) is 5.67. The maximum atomic E-state index is 13.5. The van der Waals surface area contributed by atoms with Crippen molar-refractivity contribution in [2.75, 3.05) is 13.1 Å². The van der Waals surface area contributed by atoms with E-state index in [9.17, 15) is 12.8 Å². The topological polar surface area (TPSA) is 76.3 Å². The van der Waals surface area contributed by atoms with Gasteiger partial charge < -0.3 is 5.73 Å². The molecular weight excluding hydrogens is 257 g/mol. The van der Waals surface area contributed by atoms with E-state index in [1.165, 1.54) is 16.6 Å². The third-order valence-electron chi connectivity index (χ3n) is 3.40. The number of nitrogens with two attached hydrogens (primary N) is 1. The highest BCUT2D eigenvalue weighted by Crippen LogP contribution is 2.31. The maximum Gasteiger partial charge on any atom is 0.263 e. The van der Waals surface area contributed by atoms with E-state index in [0.29, 0.717) is 0 Å². The number of hydrogen-bond donors (Lipinski definition) is 1. The molecule has 0 radical (unpaired) electrons. The smallest absolute Gasteiger partial charge is 0.263 e. The zero-order valence-corrected chi connectivity index (χ0v) is 11.1. The summed E-state index contributed by atoms with van der Waals surface area (Å²) in [5.74, 6) is -0.672. The molecule has 0 saturated carbocycles. The fourth-order valence-corrected chi connectivity index (χ4v) is 3.40. The van der Waals surface area contributed by atoms with Crippen LogP contribution in [0.5, 0.6) is 0 Å². The predicted octanol–water partition coefficient (Wildman–Crippen LogP) is 0.579. The fourth-order valence-electron chi connectivity index (χ4n) is 1.83. The van der Waals surface area contributed by atoms with Crippen LogP contribution in [0.3, 0.4) is 0 Å². The highest BCUT2D eigenvalue weighted by atomic mass is 32.2. The molecule has 2 N–H and O–H groups in total. The zero-order chi connectivity index (χ0) is 13.6. The van der Waals surface area contributed by atoms with Crippen LogP contribution in [0.15, 0.2) is 23.4 Å². The summed E-state index contributed by atoms with van der Waals surface area (Å²) in [6.45, 7) is 4.27. The summed E-state index contributed by atoms with van der Waals surface area (Å²) in [5, 5.41) is -0.532. The van der Waals surface area contributed by atoms with E-state index in [1.54, 1.807) is 0 Å². The minimum atomic E-state index is -3.87. The Balaban J connectivity index is 2.24. The van der Waals surface area contributed by atoms with Crippen molar-refractivity contribution in [2.45, 2.75) is 24.4 Å². The second kappa shape index (κ2) is 4.25. The molecule has 0 aliphatic carbocycles. The SMILES string of the molecule is CC(C)C1(N)CN(S(=O)(=O)c2ncccc2F)C1. The second-order valence-electron chi connectivity index (χ2n) is 4.95. The molecule has 0 aromatic carbocycles. The molecule has 1 aliphatic rings. The fraction of sp³-hybridized carbons (Fsp3) is 0.545. The molecule has 1 aliphatic heterocycles. The molecule has 100 valence electrons. The number of pyridine rings is 1. The molecule has 2 heterocycles. The summed E-state index contributed by atoms with van der Waals surface area (Å²) in [6.07, 6.45) is 1.26. The van der Waals surface area contributed by atoms with Crippen LogP contribution in [-0.2, 0) is 10.0 Å². The van der Waals surface area contributed by atoms with Crippen molar-refractivity contribution >= 4 is 10.0 Å². The van der Waals surface area contributed by atoms with E-state index in [1.807, 2.05) is 13.8 Å². The van der Waals surface area contributed by atoms with Gasteiger partial charge in [0.15, 0.2) is 5.82 Å². The van der Waals surface area contributed by atoms with Gasteiger partial charge in [-0.05, 0) is 18.1 Å². The molecule has 0 bridgehead atoms. The third-order valence-corrected chi connectivity index (χ3v) is 5.13. The first kappa shape index (κ1) is 13.4. The predicted molar refractivity (Wildman–Crippen MR) is 64.7 cm³/mol. The lowest BCUT2D eigenvalue weighted by molar-refractivity contribution is 0.110. The minimum Gasteiger partial charge on any atom is -0.323 e. The molecule has 1 aromatic heterocycles. The summed E-state index contributed by atoms with van der Waals surface area (Å²) in [4.78, 5) is 3.60. The Morgan fingerprint density at radius 1 is 1.50 bits per heavy atom. The molecule has 0 atom stereocenters. The quantitative estimate of drug-likeness (QED) is 0.874. The molecular formula is C11H16FN3O2S. The molecule has 0 amide bonds. The van der Waals surface area contributed by atoms with E-state index in [4.69, 9.17) is 5.73 Å².